The summed E-state index contributed by atoms with van der Waals surface area (Å²) >= 11 is 0. The van der Waals surface area contributed by atoms with E-state index in [0.717, 1.165) is 30.8 Å². The highest BCUT2D eigenvalue weighted by atomic mass is 14.9. The lowest BCUT2D eigenvalue weighted by Gasteiger charge is -2.02. The SMILES string of the molecule is CCCc1cc(C)nc(CC)n1. The van der Waals surface area contributed by atoms with Gasteiger partial charge in [0.05, 0.1) is 0 Å². The molecule has 0 saturated heterocycles. The zero-order valence-corrected chi connectivity index (χ0v) is 8.09. The summed E-state index contributed by atoms with van der Waals surface area (Å²) in [5.74, 6) is 0.971. The van der Waals surface area contributed by atoms with Gasteiger partial charge in [0.2, 0.25) is 0 Å². The Bertz CT molecular complexity index is 256. The smallest absolute Gasteiger partial charge is 0.128 e. The molecule has 1 heterocycles. The number of hydrogen-bond donors (Lipinski definition) is 0. The Morgan fingerprint density at radius 3 is 2.58 bits per heavy atom. The fourth-order valence-corrected chi connectivity index (χ4v) is 1.24. The Kier molecular flexibility index (Phi) is 3.20. The van der Waals surface area contributed by atoms with E-state index in [1.807, 2.05) is 6.92 Å². The van der Waals surface area contributed by atoms with Crippen molar-refractivity contribution in [1.82, 2.24) is 9.97 Å². The van der Waals surface area contributed by atoms with E-state index in [0.29, 0.717) is 0 Å². The van der Waals surface area contributed by atoms with Gasteiger partial charge >= 0.3 is 0 Å². The molecule has 1 rings (SSSR count). The largest absolute Gasteiger partial charge is 0.238 e. The van der Waals surface area contributed by atoms with Crippen LogP contribution in [0, 0.1) is 6.92 Å². The van der Waals surface area contributed by atoms with Crippen LogP contribution < -0.4 is 0 Å². The molecule has 66 valence electrons. The second kappa shape index (κ2) is 4.19. The molecule has 2 nitrogen and oxygen atoms in total. The summed E-state index contributed by atoms with van der Waals surface area (Å²) in [4.78, 5) is 8.75. The Labute approximate surface area is 74.1 Å². The van der Waals surface area contributed by atoms with Crippen LogP contribution >= 0.6 is 0 Å². The van der Waals surface area contributed by atoms with Gasteiger partial charge in [0.25, 0.3) is 0 Å². The van der Waals surface area contributed by atoms with Gasteiger partial charge in [-0.3, -0.25) is 0 Å². The lowest BCUT2D eigenvalue weighted by molar-refractivity contribution is 0.823. The lowest BCUT2D eigenvalue weighted by atomic mass is 10.2. The minimum absolute atomic E-state index is 0.929. The Balaban J connectivity index is 2.90. The van der Waals surface area contributed by atoms with Crippen molar-refractivity contribution in [1.29, 1.82) is 0 Å². The van der Waals surface area contributed by atoms with E-state index in [2.05, 4.69) is 29.9 Å². The van der Waals surface area contributed by atoms with Gasteiger partial charge in [0.1, 0.15) is 5.82 Å². The summed E-state index contributed by atoms with van der Waals surface area (Å²) < 4.78 is 0. The summed E-state index contributed by atoms with van der Waals surface area (Å²) in [5.41, 5.74) is 2.27. The van der Waals surface area contributed by atoms with Gasteiger partial charge in [0.15, 0.2) is 0 Å². The molecule has 0 aliphatic heterocycles. The van der Waals surface area contributed by atoms with Crippen molar-refractivity contribution in [2.45, 2.75) is 40.0 Å². The first-order valence-corrected chi connectivity index (χ1v) is 4.59. The van der Waals surface area contributed by atoms with E-state index in [1.165, 1.54) is 5.69 Å². The summed E-state index contributed by atoms with van der Waals surface area (Å²) in [6.45, 7) is 6.29. The fourth-order valence-electron chi connectivity index (χ4n) is 1.24. The van der Waals surface area contributed by atoms with Crippen LogP contribution in [0.3, 0.4) is 0 Å². The van der Waals surface area contributed by atoms with Crippen molar-refractivity contribution in [2.24, 2.45) is 0 Å². The highest BCUT2D eigenvalue weighted by molar-refractivity contribution is 5.10. The van der Waals surface area contributed by atoms with Gasteiger partial charge in [-0.15, -0.1) is 0 Å². The number of hydrogen-bond acceptors (Lipinski definition) is 2. The summed E-state index contributed by atoms with van der Waals surface area (Å²) in [6.07, 6.45) is 3.15. The van der Waals surface area contributed by atoms with Crippen molar-refractivity contribution < 1.29 is 0 Å². The van der Waals surface area contributed by atoms with E-state index in [9.17, 15) is 0 Å². The quantitative estimate of drug-likeness (QED) is 0.685. The molecule has 0 N–H and O–H groups in total. The van der Waals surface area contributed by atoms with Crippen LogP contribution in [0.5, 0.6) is 0 Å². The van der Waals surface area contributed by atoms with Gasteiger partial charge < -0.3 is 0 Å². The standard InChI is InChI=1S/C10H16N2/c1-4-6-9-7-8(3)11-10(5-2)12-9/h7H,4-6H2,1-3H3. The zero-order chi connectivity index (χ0) is 8.97. The summed E-state index contributed by atoms with van der Waals surface area (Å²) in [7, 11) is 0. The highest BCUT2D eigenvalue weighted by Crippen LogP contribution is 2.03. The maximum atomic E-state index is 4.43. The number of rotatable bonds is 3. The molecule has 0 aliphatic rings. The van der Waals surface area contributed by atoms with Gasteiger partial charge in [-0.05, 0) is 19.4 Å². The minimum Gasteiger partial charge on any atom is -0.238 e. The second-order valence-corrected chi connectivity index (χ2v) is 3.02. The monoisotopic (exact) mass is 164 g/mol. The van der Waals surface area contributed by atoms with Crippen LogP contribution in [0.15, 0.2) is 6.07 Å². The molecule has 0 radical (unpaired) electrons. The molecule has 12 heavy (non-hydrogen) atoms. The lowest BCUT2D eigenvalue weighted by Crippen LogP contribution is -1.99. The van der Waals surface area contributed by atoms with E-state index >= 15 is 0 Å². The molecule has 0 unspecified atom stereocenters. The van der Waals surface area contributed by atoms with E-state index in [4.69, 9.17) is 0 Å². The third-order valence-corrected chi connectivity index (χ3v) is 1.78. The normalized spacial score (nSPS) is 10.2. The number of nitrogens with zero attached hydrogens (tertiary/aromatic N) is 2. The molecule has 2 heteroatoms. The zero-order valence-electron chi connectivity index (χ0n) is 8.09. The maximum absolute atomic E-state index is 4.43. The molecule has 0 atom stereocenters. The first-order chi connectivity index (χ1) is 5.76. The Hall–Kier alpha value is -0.920. The van der Waals surface area contributed by atoms with Crippen molar-refractivity contribution in [2.75, 3.05) is 0 Å². The first-order valence-electron chi connectivity index (χ1n) is 4.59. The molecule has 1 aromatic rings. The Morgan fingerprint density at radius 1 is 1.25 bits per heavy atom. The average Bonchev–Trinajstić information content (AvgIpc) is 2.04. The van der Waals surface area contributed by atoms with E-state index in [1.54, 1.807) is 0 Å². The van der Waals surface area contributed by atoms with Crippen molar-refractivity contribution >= 4 is 0 Å². The van der Waals surface area contributed by atoms with Gasteiger partial charge in [-0.25, -0.2) is 9.97 Å². The molecule has 0 aliphatic carbocycles. The first kappa shape index (κ1) is 9.17. The molecule has 0 spiro atoms. The summed E-state index contributed by atoms with van der Waals surface area (Å²) in [6, 6.07) is 2.07. The van der Waals surface area contributed by atoms with Crippen molar-refractivity contribution in [3.8, 4) is 0 Å². The number of aryl methyl sites for hydroxylation is 3. The third-order valence-electron chi connectivity index (χ3n) is 1.78. The average molecular weight is 164 g/mol. The molecule has 1 aromatic heterocycles. The van der Waals surface area contributed by atoms with Crippen LogP contribution in [0.25, 0.3) is 0 Å². The minimum atomic E-state index is 0.929. The van der Waals surface area contributed by atoms with E-state index in [-0.39, 0.29) is 0 Å². The topological polar surface area (TPSA) is 25.8 Å². The maximum Gasteiger partial charge on any atom is 0.128 e. The fraction of sp³-hybridized carbons (Fsp3) is 0.600. The number of aromatic nitrogens is 2. The molecular formula is C10H16N2. The molecule has 0 fully saturated rings. The molecule has 0 bridgehead atoms. The molecular weight excluding hydrogens is 148 g/mol. The van der Waals surface area contributed by atoms with Crippen molar-refractivity contribution in [3.05, 3.63) is 23.3 Å². The van der Waals surface area contributed by atoms with Crippen LogP contribution in [0.4, 0.5) is 0 Å². The highest BCUT2D eigenvalue weighted by Gasteiger charge is 1.98. The third kappa shape index (κ3) is 2.29. The molecule has 0 saturated carbocycles. The van der Waals surface area contributed by atoms with Gasteiger partial charge in [-0.2, -0.15) is 0 Å². The molecule has 0 aromatic carbocycles. The van der Waals surface area contributed by atoms with E-state index < -0.39 is 0 Å². The van der Waals surface area contributed by atoms with Crippen LogP contribution in [0.2, 0.25) is 0 Å². The van der Waals surface area contributed by atoms with Crippen LogP contribution in [-0.4, -0.2) is 9.97 Å². The predicted molar refractivity (Wildman–Crippen MR) is 50.1 cm³/mol. The Morgan fingerprint density at radius 2 is 2.00 bits per heavy atom. The van der Waals surface area contributed by atoms with Gasteiger partial charge in [-0.1, -0.05) is 20.3 Å². The molecule has 0 amide bonds. The predicted octanol–water partition coefficient (Wildman–Crippen LogP) is 2.30. The summed E-state index contributed by atoms with van der Waals surface area (Å²) in [5, 5.41) is 0. The van der Waals surface area contributed by atoms with Crippen LogP contribution in [0.1, 0.15) is 37.5 Å². The van der Waals surface area contributed by atoms with Crippen LogP contribution in [-0.2, 0) is 12.8 Å². The van der Waals surface area contributed by atoms with Crippen molar-refractivity contribution in [3.63, 3.8) is 0 Å². The second-order valence-electron chi connectivity index (χ2n) is 3.02. The van der Waals surface area contributed by atoms with Gasteiger partial charge in [0, 0.05) is 17.8 Å².